The number of hydrogen-bond donors (Lipinski definition) is 2. The van der Waals surface area contributed by atoms with Crippen molar-refractivity contribution in [3.63, 3.8) is 0 Å². The monoisotopic (exact) mass is 423 g/mol. The van der Waals surface area contributed by atoms with Crippen LogP contribution in [0.4, 0.5) is 11.9 Å². The van der Waals surface area contributed by atoms with Crippen molar-refractivity contribution in [2.24, 2.45) is 0 Å². The Morgan fingerprint density at radius 2 is 2.00 bits per heavy atom. The summed E-state index contributed by atoms with van der Waals surface area (Å²) < 4.78 is 6.99. The second-order valence-corrected chi connectivity index (χ2v) is 7.35. The van der Waals surface area contributed by atoms with Crippen LogP contribution in [0.15, 0.2) is 41.5 Å². The number of aromatic nitrogens is 5. The van der Waals surface area contributed by atoms with Crippen molar-refractivity contribution < 1.29 is 9.53 Å². The number of nitrogens with one attached hydrogen (secondary N) is 2. The number of rotatable bonds is 7. The van der Waals surface area contributed by atoms with Gasteiger partial charge < -0.3 is 9.64 Å². The molecule has 2 aromatic heterocycles. The zero-order chi connectivity index (χ0) is 21.6. The van der Waals surface area contributed by atoms with Crippen LogP contribution in [0.5, 0.6) is 0 Å². The predicted molar refractivity (Wildman–Crippen MR) is 115 cm³/mol. The molecule has 0 unspecified atom stereocenters. The predicted octanol–water partition coefficient (Wildman–Crippen LogP) is 1.13. The highest BCUT2D eigenvalue weighted by Crippen LogP contribution is 2.12. The fraction of sp³-hybridized carbons (Fsp3) is 0.381. The van der Waals surface area contributed by atoms with E-state index in [0.29, 0.717) is 50.1 Å². The number of H-pyrrole nitrogens is 1. The van der Waals surface area contributed by atoms with Gasteiger partial charge in [-0.3, -0.25) is 19.9 Å². The standard InChI is InChI=1S/C21H25N7O3/c1-15-17(19(30)25-21(23-15)27-9-11-31-12-10-27)7-8-18(29)24-20-22-14-28(26-20)13-16-5-3-2-4-6-16/h2-6,14H,7-13H2,1H3,(H,23,25,30)(H,24,26,29). The summed E-state index contributed by atoms with van der Waals surface area (Å²) in [6, 6.07) is 9.87. The van der Waals surface area contributed by atoms with E-state index in [1.807, 2.05) is 35.2 Å². The third-order valence-electron chi connectivity index (χ3n) is 5.10. The Hall–Kier alpha value is -3.53. The summed E-state index contributed by atoms with van der Waals surface area (Å²) >= 11 is 0. The fourth-order valence-corrected chi connectivity index (χ4v) is 3.44. The molecule has 10 nitrogen and oxygen atoms in total. The van der Waals surface area contributed by atoms with Crippen molar-refractivity contribution in [2.45, 2.75) is 26.3 Å². The van der Waals surface area contributed by atoms with E-state index in [0.717, 1.165) is 5.56 Å². The Balaban J connectivity index is 1.33. The number of carbonyl (C=O) groups excluding carboxylic acids is 1. The number of hydrogen-bond acceptors (Lipinski definition) is 7. The number of aromatic amines is 1. The van der Waals surface area contributed by atoms with Gasteiger partial charge in [-0.1, -0.05) is 30.3 Å². The molecule has 1 saturated heterocycles. The maximum Gasteiger partial charge on any atom is 0.255 e. The van der Waals surface area contributed by atoms with Crippen LogP contribution in [0, 0.1) is 6.92 Å². The quantitative estimate of drug-likeness (QED) is 0.585. The van der Waals surface area contributed by atoms with Crippen LogP contribution in [-0.4, -0.2) is 56.9 Å². The largest absolute Gasteiger partial charge is 0.378 e. The molecule has 2 N–H and O–H groups in total. The smallest absolute Gasteiger partial charge is 0.255 e. The van der Waals surface area contributed by atoms with Crippen molar-refractivity contribution in [1.82, 2.24) is 24.7 Å². The highest BCUT2D eigenvalue weighted by atomic mass is 16.5. The summed E-state index contributed by atoms with van der Waals surface area (Å²) in [4.78, 5) is 38.3. The molecule has 1 aromatic carbocycles. The molecule has 0 aliphatic carbocycles. The summed E-state index contributed by atoms with van der Waals surface area (Å²) in [7, 11) is 0. The molecule has 10 heteroatoms. The van der Waals surface area contributed by atoms with Gasteiger partial charge in [-0.15, -0.1) is 5.10 Å². The summed E-state index contributed by atoms with van der Waals surface area (Å²) in [5, 5.41) is 6.96. The molecule has 0 saturated carbocycles. The molecule has 1 aliphatic heterocycles. The number of nitrogens with zero attached hydrogens (tertiary/aromatic N) is 5. The van der Waals surface area contributed by atoms with Gasteiger partial charge in [0.2, 0.25) is 17.8 Å². The number of carbonyl (C=O) groups is 1. The third-order valence-corrected chi connectivity index (χ3v) is 5.10. The van der Waals surface area contributed by atoms with Crippen LogP contribution in [0.1, 0.15) is 23.2 Å². The summed E-state index contributed by atoms with van der Waals surface area (Å²) in [6.45, 7) is 4.96. The normalized spacial score (nSPS) is 13.9. The first-order valence-electron chi connectivity index (χ1n) is 10.2. The first-order chi connectivity index (χ1) is 15.1. The number of amides is 1. The van der Waals surface area contributed by atoms with Gasteiger partial charge >= 0.3 is 0 Å². The van der Waals surface area contributed by atoms with Crippen LogP contribution in [0.25, 0.3) is 0 Å². The summed E-state index contributed by atoms with van der Waals surface area (Å²) in [5.74, 6) is 0.535. The van der Waals surface area contributed by atoms with E-state index >= 15 is 0 Å². The number of aryl methyl sites for hydroxylation is 1. The molecule has 0 atom stereocenters. The number of morpholine rings is 1. The Bertz CT molecular complexity index is 1090. The molecule has 1 fully saturated rings. The second-order valence-electron chi connectivity index (χ2n) is 7.35. The minimum Gasteiger partial charge on any atom is -0.378 e. The molecule has 3 heterocycles. The Morgan fingerprint density at radius 3 is 2.74 bits per heavy atom. The highest BCUT2D eigenvalue weighted by molar-refractivity contribution is 5.88. The molecule has 0 radical (unpaired) electrons. The second kappa shape index (κ2) is 9.52. The fourth-order valence-electron chi connectivity index (χ4n) is 3.44. The van der Waals surface area contributed by atoms with Crippen LogP contribution in [0.2, 0.25) is 0 Å². The molecule has 3 aromatic rings. The van der Waals surface area contributed by atoms with Crippen molar-refractivity contribution in [3.8, 4) is 0 Å². The molecule has 162 valence electrons. The van der Waals surface area contributed by atoms with E-state index in [4.69, 9.17) is 4.74 Å². The average Bonchev–Trinajstić information content (AvgIpc) is 3.21. The van der Waals surface area contributed by atoms with Crippen LogP contribution >= 0.6 is 0 Å². The maximum absolute atomic E-state index is 12.5. The van der Waals surface area contributed by atoms with Gasteiger partial charge in [0.15, 0.2) is 0 Å². The van der Waals surface area contributed by atoms with Gasteiger partial charge in [-0.25, -0.2) is 14.6 Å². The molecule has 4 rings (SSSR count). The van der Waals surface area contributed by atoms with Gasteiger partial charge in [0.05, 0.1) is 19.8 Å². The lowest BCUT2D eigenvalue weighted by Gasteiger charge is -2.27. The molecular formula is C21H25N7O3. The van der Waals surface area contributed by atoms with E-state index in [1.54, 1.807) is 17.9 Å². The van der Waals surface area contributed by atoms with Crippen molar-refractivity contribution in [3.05, 3.63) is 63.8 Å². The number of ether oxygens (including phenoxy) is 1. The van der Waals surface area contributed by atoms with Crippen LogP contribution in [-0.2, 0) is 22.5 Å². The van der Waals surface area contributed by atoms with Gasteiger partial charge in [-0.05, 0) is 18.9 Å². The molecular weight excluding hydrogens is 398 g/mol. The maximum atomic E-state index is 12.5. The average molecular weight is 423 g/mol. The Kier molecular flexibility index (Phi) is 6.37. The van der Waals surface area contributed by atoms with Crippen molar-refractivity contribution >= 4 is 17.8 Å². The van der Waals surface area contributed by atoms with E-state index in [9.17, 15) is 9.59 Å². The lowest BCUT2D eigenvalue weighted by molar-refractivity contribution is -0.116. The van der Waals surface area contributed by atoms with Gasteiger partial charge in [0.1, 0.15) is 6.33 Å². The zero-order valence-corrected chi connectivity index (χ0v) is 17.4. The number of benzene rings is 1. The zero-order valence-electron chi connectivity index (χ0n) is 17.4. The molecule has 1 amide bonds. The topological polar surface area (TPSA) is 118 Å². The van der Waals surface area contributed by atoms with Crippen molar-refractivity contribution in [2.75, 3.05) is 36.5 Å². The lowest BCUT2D eigenvalue weighted by Crippen LogP contribution is -2.38. The Labute approximate surface area is 179 Å². The third kappa shape index (κ3) is 5.34. The molecule has 0 spiro atoms. The van der Waals surface area contributed by atoms with E-state index in [-0.39, 0.29) is 30.3 Å². The SMILES string of the molecule is Cc1nc(N2CCOCC2)[nH]c(=O)c1CCC(=O)Nc1ncn(Cc2ccccc2)n1. The minimum atomic E-state index is -0.256. The van der Waals surface area contributed by atoms with E-state index < -0.39 is 0 Å². The number of anilines is 2. The molecule has 1 aliphatic rings. The van der Waals surface area contributed by atoms with E-state index in [1.165, 1.54) is 0 Å². The highest BCUT2D eigenvalue weighted by Gasteiger charge is 2.17. The Morgan fingerprint density at radius 1 is 1.23 bits per heavy atom. The van der Waals surface area contributed by atoms with Crippen LogP contribution < -0.4 is 15.8 Å². The van der Waals surface area contributed by atoms with Crippen LogP contribution in [0.3, 0.4) is 0 Å². The lowest BCUT2D eigenvalue weighted by atomic mass is 10.1. The van der Waals surface area contributed by atoms with Crippen molar-refractivity contribution in [1.29, 1.82) is 0 Å². The summed E-state index contributed by atoms with van der Waals surface area (Å²) in [5.41, 5.74) is 2.01. The van der Waals surface area contributed by atoms with E-state index in [2.05, 4.69) is 25.4 Å². The summed E-state index contributed by atoms with van der Waals surface area (Å²) in [6.07, 6.45) is 2.00. The first kappa shape index (κ1) is 20.7. The molecule has 31 heavy (non-hydrogen) atoms. The van der Waals surface area contributed by atoms with Gasteiger partial charge in [0, 0.05) is 30.8 Å². The van der Waals surface area contributed by atoms with Gasteiger partial charge in [-0.2, -0.15) is 0 Å². The molecule has 0 bridgehead atoms. The minimum absolute atomic E-state index is 0.135. The van der Waals surface area contributed by atoms with Gasteiger partial charge in [0.25, 0.3) is 5.56 Å². The first-order valence-corrected chi connectivity index (χ1v) is 10.2.